The Balaban J connectivity index is 1.66. The highest BCUT2D eigenvalue weighted by molar-refractivity contribution is 7.12. The molecule has 2 N–H and O–H groups in total. The molecule has 158 valence electrons. The molecule has 1 aromatic carbocycles. The van der Waals surface area contributed by atoms with E-state index < -0.39 is 5.63 Å². The zero-order chi connectivity index (χ0) is 21.3. The fourth-order valence-electron chi connectivity index (χ4n) is 4.19. The first-order valence-corrected chi connectivity index (χ1v) is 11.5. The first-order chi connectivity index (χ1) is 14.4. The first kappa shape index (κ1) is 20.7. The van der Waals surface area contributed by atoms with Crippen molar-refractivity contribution in [1.29, 1.82) is 0 Å². The Morgan fingerprint density at radius 2 is 1.87 bits per heavy atom. The van der Waals surface area contributed by atoms with Crippen LogP contribution in [0.4, 0.5) is 0 Å². The molecule has 1 saturated carbocycles. The minimum absolute atomic E-state index is 0.0266. The molecule has 5 heteroatoms. The number of hydrogen-bond donors (Lipinski definition) is 2. The van der Waals surface area contributed by atoms with Gasteiger partial charge < -0.3 is 14.6 Å². The maximum atomic E-state index is 13.0. The largest absolute Gasteiger partial charge is 0.508 e. The number of aromatic hydroxyl groups is 2. The maximum Gasteiger partial charge on any atom is 0.343 e. The summed E-state index contributed by atoms with van der Waals surface area (Å²) in [5, 5.41) is 20.4. The van der Waals surface area contributed by atoms with Gasteiger partial charge in [-0.15, -0.1) is 11.3 Å². The SMILES string of the molecule is CCC(c1ccc(C)s1)c1c(O)cc(C(Cc2ccc(O)cc2)CC2CC2)oc1=O. The van der Waals surface area contributed by atoms with Crippen LogP contribution in [0.5, 0.6) is 11.5 Å². The number of phenolic OH excluding ortho intramolecular Hbond substituents is 1. The van der Waals surface area contributed by atoms with Crippen molar-refractivity contribution in [2.75, 3.05) is 0 Å². The fourth-order valence-corrected chi connectivity index (χ4v) is 5.26. The summed E-state index contributed by atoms with van der Waals surface area (Å²) < 4.78 is 5.83. The molecule has 2 heterocycles. The van der Waals surface area contributed by atoms with E-state index in [2.05, 4.69) is 0 Å². The van der Waals surface area contributed by atoms with Gasteiger partial charge in [-0.2, -0.15) is 0 Å². The molecule has 0 bridgehead atoms. The van der Waals surface area contributed by atoms with Gasteiger partial charge in [-0.25, -0.2) is 4.79 Å². The third-order valence-corrected chi connectivity index (χ3v) is 7.10. The van der Waals surface area contributed by atoms with Gasteiger partial charge >= 0.3 is 5.63 Å². The van der Waals surface area contributed by atoms with Gasteiger partial charge in [0, 0.05) is 27.7 Å². The molecule has 3 aromatic rings. The zero-order valence-corrected chi connectivity index (χ0v) is 18.2. The van der Waals surface area contributed by atoms with Gasteiger partial charge in [0.2, 0.25) is 0 Å². The van der Waals surface area contributed by atoms with Gasteiger partial charge in [0.1, 0.15) is 17.3 Å². The molecule has 2 unspecified atom stereocenters. The average Bonchev–Trinajstić information content (AvgIpc) is 3.43. The molecule has 4 rings (SSSR count). The molecule has 0 amide bonds. The average molecular weight is 425 g/mol. The smallest absolute Gasteiger partial charge is 0.343 e. The van der Waals surface area contributed by atoms with Gasteiger partial charge in [-0.3, -0.25) is 0 Å². The predicted octanol–water partition coefficient (Wildman–Crippen LogP) is 6.09. The van der Waals surface area contributed by atoms with Crippen molar-refractivity contribution >= 4 is 11.3 Å². The lowest BCUT2D eigenvalue weighted by Gasteiger charge is -2.19. The Morgan fingerprint density at radius 3 is 2.43 bits per heavy atom. The van der Waals surface area contributed by atoms with Crippen molar-refractivity contribution in [3.8, 4) is 11.5 Å². The Hall–Kier alpha value is -2.53. The van der Waals surface area contributed by atoms with E-state index in [0.29, 0.717) is 23.7 Å². The van der Waals surface area contributed by atoms with Crippen LogP contribution in [0.15, 0.2) is 51.7 Å². The molecule has 2 aromatic heterocycles. The third kappa shape index (κ3) is 4.62. The number of hydrogen-bond acceptors (Lipinski definition) is 5. The molecule has 0 spiro atoms. The van der Waals surface area contributed by atoms with Crippen molar-refractivity contribution in [3.63, 3.8) is 0 Å². The van der Waals surface area contributed by atoms with Crippen LogP contribution in [0.2, 0.25) is 0 Å². The van der Waals surface area contributed by atoms with Gasteiger partial charge in [-0.1, -0.05) is 31.9 Å². The second-order valence-electron chi connectivity index (χ2n) is 8.39. The predicted molar refractivity (Wildman–Crippen MR) is 120 cm³/mol. The molecule has 0 saturated heterocycles. The number of benzene rings is 1. The number of thiophene rings is 1. The molecule has 30 heavy (non-hydrogen) atoms. The van der Waals surface area contributed by atoms with E-state index in [9.17, 15) is 15.0 Å². The van der Waals surface area contributed by atoms with E-state index in [1.54, 1.807) is 29.5 Å². The Kier molecular flexibility index (Phi) is 6.00. The van der Waals surface area contributed by atoms with Gasteiger partial charge in [0.25, 0.3) is 0 Å². The monoisotopic (exact) mass is 424 g/mol. The van der Waals surface area contributed by atoms with Crippen LogP contribution < -0.4 is 5.63 Å². The van der Waals surface area contributed by atoms with E-state index in [1.807, 2.05) is 38.1 Å². The highest BCUT2D eigenvalue weighted by atomic mass is 32.1. The number of aryl methyl sites for hydroxylation is 1. The van der Waals surface area contributed by atoms with E-state index >= 15 is 0 Å². The Labute approximate surface area is 180 Å². The zero-order valence-electron chi connectivity index (χ0n) is 17.4. The molecule has 0 radical (unpaired) electrons. The summed E-state index contributed by atoms with van der Waals surface area (Å²) in [5.41, 5.74) is 0.998. The maximum absolute atomic E-state index is 13.0. The standard InChI is InChI=1S/C25H28O4S/c1-3-20(23-11-4-15(2)30-23)24-21(27)14-22(29-25(24)28)18(12-16-5-6-16)13-17-7-9-19(26)10-8-17/h4,7-11,14,16,18,20,26-27H,3,5-6,12-13H2,1-2H3. The molecule has 4 nitrogen and oxygen atoms in total. The molecule has 2 atom stereocenters. The lowest BCUT2D eigenvalue weighted by Crippen LogP contribution is -2.16. The van der Waals surface area contributed by atoms with Gasteiger partial charge in [0.15, 0.2) is 0 Å². The van der Waals surface area contributed by atoms with Crippen LogP contribution in [-0.4, -0.2) is 10.2 Å². The summed E-state index contributed by atoms with van der Waals surface area (Å²) in [7, 11) is 0. The Morgan fingerprint density at radius 1 is 1.13 bits per heavy atom. The van der Waals surface area contributed by atoms with Crippen LogP contribution in [-0.2, 0) is 6.42 Å². The summed E-state index contributed by atoms with van der Waals surface area (Å²) in [6.07, 6.45) is 4.77. The molecular weight excluding hydrogens is 396 g/mol. The first-order valence-electron chi connectivity index (χ1n) is 10.7. The molecule has 1 aliphatic carbocycles. The second-order valence-corrected chi connectivity index (χ2v) is 9.71. The van der Waals surface area contributed by atoms with Crippen LogP contribution in [0.1, 0.15) is 71.1 Å². The summed E-state index contributed by atoms with van der Waals surface area (Å²) in [4.78, 5) is 15.2. The summed E-state index contributed by atoms with van der Waals surface area (Å²) >= 11 is 1.65. The van der Waals surface area contributed by atoms with E-state index in [-0.39, 0.29) is 23.3 Å². The van der Waals surface area contributed by atoms with Crippen molar-refractivity contribution in [1.82, 2.24) is 0 Å². The quantitative estimate of drug-likeness (QED) is 0.459. The van der Waals surface area contributed by atoms with Crippen molar-refractivity contribution < 1.29 is 14.6 Å². The van der Waals surface area contributed by atoms with Crippen molar-refractivity contribution in [3.05, 3.63) is 79.5 Å². The van der Waals surface area contributed by atoms with Crippen LogP contribution >= 0.6 is 11.3 Å². The molecule has 0 aliphatic heterocycles. The van der Waals surface area contributed by atoms with E-state index in [0.717, 1.165) is 23.3 Å². The Bertz CT molecular complexity index is 1060. The minimum atomic E-state index is -0.436. The van der Waals surface area contributed by atoms with Crippen LogP contribution in [0.25, 0.3) is 0 Å². The second kappa shape index (κ2) is 8.68. The fraction of sp³-hybridized carbons (Fsp3) is 0.400. The topological polar surface area (TPSA) is 70.7 Å². The third-order valence-electron chi connectivity index (χ3n) is 5.98. The van der Waals surface area contributed by atoms with Crippen molar-refractivity contribution in [2.24, 2.45) is 5.92 Å². The van der Waals surface area contributed by atoms with E-state index in [1.165, 1.54) is 17.7 Å². The normalized spacial score (nSPS) is 15.8. The lowest BCUT2D eigenvalue weighted by atomic mass is 9.90. The highest BCUT2D eigenvalue weighted by Gasteiger charge is 2.30. The highest BCUT2D eigenvalue weighted by Crippen LogP contribution is 2.42. The number of rotatable bonds is 8. The molecule has 1 aliphatic rings. The molecular formula is C25H28O4S. The summed E-state index contributed by atoms with van der Waals surface area (Å²) in [6, 6.07) is 12.9. The van der Waals surface area contributed by atoms with Crippen LogP contribution in [0, 0.1) is 12.8 Å². The molecule has 1 fully saturated rings. The van der Waals surface area contributed by atoms with Crippen molar-refractivity contribution in [2.45, 2.75) is 57.8 Å². The van der Waals surface area contributed by atoms with Gasteiger partial charge in [0.05, 0.1) is 5.56 Å². The van der Waals surface area contributed by atoms with E-state index in [4.69, 9.17) is 4.42 Å². The lowest BCUT2D eigenvalue weighted by molar-refractivity contribution is 0.372. The summed E-state index contributed by atoms with van der Waals surface area (Å²) in [6.45, 7) is 4.06. The summed E-state index contributed by atoms with van der Waals surface area (Å²) in [5.74, 6) is 1.34. The van der Waals surface area contributed by atoms with Gasteiger partial charge in [-0.05, 0) is 61.9 Å². The minimum Gasteiger partial charge on any atom is -0.508 e. The van der Waals surface area contributed by atoms with Crippen LogP contribution in [0.3, 0.4) is 0 Å². The number of phenols is 1.